The van der Waals surface area contributed by atoms with Crippen LogP contribution in [0.5, 0.6) is 0 Å². The number of carbonyl (C=O) groups excluding carboxylic acids is 3. The maximum absolute atomic E-state index is 12.8. The average molecular weight is 881 g/mol. The molecule has 1 atom stereocenters. The van der Waals surface area contributed by atoms with Gasteiger partial charge in [-0.15, -0.1) is 0 Å². The summed E-state index contributed by atoms with van der Waals surface area (Å²) in [7, 11) is 0. The molecule has 0 saturated heterocycles. The third kappa shape index (κ3) is 50.0. The Kier molecular flexibility index (Phi) is 49.4. The smallest absolute Gasteiger partial charge is 0.306 e. The Morgan fingerprint density at radius 1 is 0.317 bits per heavy atom. The van der Waals surface area contributed by atoms with Crippen molar-refractivity contribution in [1.82, 2.24) is 0 Å². The minimum atomic E-state index is -0.794. The zero-order valence-corrected chi connectivity index (χ0v) is 41.6. The minimum Gasteiger partial charge on any atom is -0.462 e. The van der Waals surface area contributed by atoms with Crippen LogP contribution in [-0.4, -0.2) is 37.2 Å². The fourth-order valence-corrected chi connectivity index (χ4v) is 7.42. The third-order valence-electron chi connectivity index (χ3n) is 11.5. The molecule has 0 N–H and O–H groups in total. The van der Waals surface area contributed by atoms with Gasteiger partial charge in [0.05, 0.1) is 0 Å². The number of hydrogen-bond acceptors (Lipinski definition) is 6. The number of carbonyl (C=O) groups is 3. The van der Waals surface area contributed by atoms with Gasteiger partial charge < -0.3 is 14.2 Å². The van der Waals surface area contributed by atoms with Crippen LogP contribution in [0.1, 0.15) is 265 Å². The molecule has 6 heteroatoms. The van der Waals surface area contributed by atoms with Gasteiger partial charge in [-0.25, -0.2) is 0 Å². The number of hydrogen-bond donors (Lipinski definition) is 0. The van der Waals surface area contributed by atoms with E-state index in [9.17, 15) is 14.4 Å². The van der Waals surface area contributed by atoms with Crippen molar-refractivity contribution in [2.45, 2.75) is 271 Å². The van der Waals surface area contributed by atoms with Gasteiger partial charge >= 0.3 is 17.9 Å². The molecule has 0 aromatic carbocycles. The van der Waals surface area contributed by atoms with Crippen LogP contribution in [0.3, 0.4) is 0 Å². The molecule has 63 heavy (non-hydrogen) atoms. The topological polar surface area (TPSA) is 78.9 Å². The van der Waals surface area contributed by atoms with E-state index in [1.54, 1.807) is 0 Å². The van der Waals surface area contributed by atoms with E-state index < -0.39 is 6.10 Å². The zero-order chi connectivity index (χ0) is 45.8. The highest BCUT2D eigenvalue weighted by molar-refractivity contribution is 5.71. The second kappa shape index (κ2) is 51.7. The summed E-state index contributed by atoms with van der Waals surface area (Å²) in [6.45, 7) is 6.55. The van der Waals surface area contributed by atoms with E-state index in [4.69, 9.17) is 14.2 Å². The van der Waals surface area contributed by atoms with Crippen LogP contribution in [0.15, 0.2) is 60.8 Å². The fraction of sp³-hybridized carbons (Fsp3) is 0.772. The molecule has 0 aromatic heterocycles. The van der Waals surface area contributed by atoms with Crippen LogP contribution >= 0.6 is 0 Å². The highest BCUT2D eigenvalue weighted by Gasteiger charge is 2.19. The van der Waals surface area contributed by atoms with E-state index in [-0.39, 0.29) is 31.1 Å². The first-order valence-electron chi connectivity index (χ1n) is 26.8. The Hall–Kier alpha value is -2.89. The first kappa shape index (κ1) is 60.1. The first-order chi connectivity index (χ1) is 31.0. The van der Waals surface area contributed by atoms with Gasteiger partial charge in [0.1, 0.15) is 13.2 Å². The number of esters is 3. The van der Waals surface area contributed by atoms with Crippen LogP contribution in [0, 0.1) is 0 Å². The SMILES string of the molecule is CCCCC/C=C\C/C=C\C/C=C\CCCCC(=O)OC[C@@H](COC(=O)CCCCCCCCCCCCCCCCC)OC(=O)CCCCCCC/C=C\C/C=C\CCCCC. The maximum atomic E-state index is 12.8. The van der Waals surface area contributed by atoms with Crippen molar-refractivity contribution >= 4 is 17.9 Å². The van der Waals surface area contributed by atoms with Crippen LogP contribution in [0.25, 0.3) is 0 Å². The van der Waals surface area contributed by atoms with E-state index in [2.05, 4.69) is 81.5 Å². The van der Waals surface area contributed by atoms with Crippen LogP contribution in [0.4, 0.5) is 0 Å². The van der Waals surface area contributed by atoms with Crippen molar-refractivity contribution in [1.29, 1.82) is 0 Å². The van der Waals surface area contributed by atoms with Gasteiger partial charge in [0, 0.05) is 19.3 Å². The highest BCUT2D eigenvalue weighted by atomic mass is 16.6. The van der Waals surface area contributed by atoms with E-state index in [0.717, 1.165) is 96.3 Å². The summed E-state index contributed by atoms with van der Waals surface area (Å²) in [5, 5.41) is 0. The van der Waals surface area contributed by atoms with Crippen molar-refractivity contribution in [2.75, 3.05) is 13.2 Å². The van der Waals surface area contributed by atoms with Crippen LogP contribution in [0.2, 0.25) is 0 Å². The van der Waals surface area contributed by atoms with Crippen molar-refractivity contribution < 1.29 is 28.6 Å². The number of ether oxygens (including phenoxy) is 3. The number of allylic oxidation sites excluding steroid dienone is 10. The largest absolute Gasteiger partial charge is 0.462 e. The van der Waals surface area contributed by atoms with Gasteiger partial charge in [0.2, 0.25) is 0 Å². The fourth-order valence-electron chi connectivity index (χ4n) is 7.42. The quantitative estimate of drug-likeness (QED) is 0.0262. The number of unbranched alkanes of at least 4 members (excludes halogenated alkanes) is 27. The van der Waals surface area contributed by atoms with Gasteiger partial charge in [0.15, 0.2) is 6.10 Å². The first-order valence-corrected chi connectivity index (χ1v) is 26.8. The summed E-state index contributed by atoms with van der Waals surface area (Å²) >= 11 is 0. The molecule has 0 heterocycles. The summed E-state index contributed by atoms with van der Waals surface area (Å²) in [6.07, 6.45) is 63.4. The monoisotopic (exact) mass is 881 g/mol. The maximum Gasteiger partial charge on any atom is 0.306 e. The van der Waals surface area contributed by atoms with Crippen molar-refractivity contribution in [2.24, 2.45) is 0 Å². The molecule has 6 nitrogen and oxygen atoms in total. The Balaban J connectivity index is 4.45. The second-order valence-electron chi connectivity index (χ2n) is 17.8. The summed E-state index contributed by atoms with van der Waals surface area (Å²) in [5.74, 6) is -0.937. The van der Waals surface area contributed by atoms with Gasteiger partial charge in [-0.3, -0.25) is 14.4 Å². The minimum absolute atomic E-state index is 0.0900. The molecule has 0 aliphatic rings. The molecule has 0 aromatic rings. The van der Waals surface area contributed by atoms with Crippen molar-refractivity contribution in [3.8, 4) is 0 Å². The molecule has 0 rings (SSSR count). The molecule has 0 spiro atoms. The molecule has 0 bridgehead atoms. The number of rotatable bonds is 48. The second-order valence-corrected chi connectivity index (χ2v) is 17.8. The van der Waals surface area contributed by atoms with Crippen LogP contribution in [-0.2, 0) is 28.6 Å². The van der Waals surface area contributed by atoms with E-state index in [0.29, 0.717) is 19.3 Å². The molecule has 0 aliphatic heterocycles. The molecular formula is C57H100O6. The molecule has 0 amide bonds. The van der Waals surface area contributed by atoms with Gasteiger partial charge in [-0.2, -0.15) is 0 Å². The molecule has 0 unspecified atom stereocenters. The molecule has 0 aliphatic carbocycles. The lowest BCUT2D eigenvalue weighted by atomic mass is 10.0. The Morgan fingerprint density at radius 3 is 0.952 bits per heavy atom. The van der Waals surface area contributed by atoms with Gasteiger partial charge in [-0.1, -0.05) is 216 Å². The third-order valence-corrected chi connectivity index (χ3v) is 11.5. The predicted molar refractivity (Wildman–Crippen MR) is 270 cm³/mol. The Labute approximate surface area is 390 Å². The van der Waals surface area contributed by atoms with E-state index >= 15 is 0 Å². The van der Waals surface area contributed by atoms with Crippen molar-refractivity contribution in [3.05, 3.63) is 60.8 Å². The average Bonchev–Trinajstić information content (AvgIpc) is 3.28. The van der Waals surface area contributed by atoms with Gasteiger partial charge in [0.25, 0.3) is 0 Å². The zero-order valence-electron chi connectivity index (χ0n) is 41.6. The molecule has 0 fully saturated rings. The summed E-state index contributed by atoms with van der Waals surface area (Å²) < 4.78 is 16.8. The van der Waals surface area contributed by atoms with E-state index in [1.807, 2.05) is 0 Å². The van der Waals surface area contributed by atoms with Crippen LogP contribution < -0.4 is 0 Å². The Morgan fingerprint density at radius 2 is 0.571 bits per heavy atom. The summed E-state index contributed by atoms with van der Waals surface area (Å²) in [4.78, 5) is 38.0. The normalized spacial score (nSPS) is 12.5. The summed E-state index contributed by atoms with van der Waals surface area (Å²) in [6, 6.07) is 0. The lowest BCUT2D eigenvalue weighted by Gasteiger charge is -2.18. The lowest BCUT2D eigenvalue weighted by molar-refractivity contribution is -0.167. The molecule has 0 saturated carbocycles. The lowest BCUT2D eigenvalue weighted by Crippen LogP contribution is -2.30. The standard InChI is InChI=1S/C57H100O6/c1-4-7-10-13-16-19-22-25-28-31-34-37-40-43-46-49-55(58)61-52-54(63-57(60)51-48-45-42-39-36-33-30-27-24-21-18-15-12-9-6-3)53-62-56(59)50-47-44-41-38-35-32-29-26-23-20-17-14-11-8-5-2/h16,18-19,21,25,27-28,30,34,37,54H,4-15,17,20,22-24,26,29,31-33,35-36,38-53H2,1-3H3/b19-16-,21-18-,28-25-,30-27-,37-34-/t54-/m0/s1. The molecule has 0 radical (unpaired) electrons. The van der Waals surface area contributed by atoms with Gasteiger partial charge in [-0.05, 0) is 89.9 Å². The summed E-state index contributed by atoms with van der Waals surface area (Å²) in [5.41, 5.74) is 0. The molecule has 364 valence electrons. The van der Waals surface area contributed by atoms with E-state index in [1.165, 1.54) is 128 Å². The predicted octanol–water partition coefficient (Wildman–Crippen LogP) is 17.6. The van der Waals surface area contributed by atoms with Crippen molar-refractivity contribution in [3.63, 3.8) is 0 Å². The highest BCUT2D eigenvalue weighted by Crippen LogP contribution is 2.15. The Bertz CT molecular complexity index is 1150. The molecular weight excluding hydrogens is 781 g/mol.